The summed E-state index contributed by atoms with van der Waals surface area (Å²) in [5.41, 5.74) is 0.875. The molecule has 0 amide bonds. The van der Waals surface area contributed by atoms with Crippen molar-refractivity contribution in [3.63, 3.8) is 0 Å². The van der Waals surface area contributed by atoms with Gasteiger partial charge in [0.15, 0.2) is 5.16 Å². The first kappa shape index (κ1) is 10.7. The third kappa shape index (κ3) is 1.56. The van der Waals surface area contributed by atoms with Gasteiger partial charge < -0.3 is 0 Å². The lowest BCUT2D eigenvalue weighted by Gasteiger charge is -2.01. The molecule has 1 aliphatic heterocycles. The second kappa shape index (κ2) is 3.82. The first-order valence-electron chi connectivity index (χ1n) is 5.17. The summed E-state index contributed by atoms with van der Waals surface area (Å²) in [4.78, 5) is 11.9. The highest BCUT2D eigenvalue weighted by Crippen LogP contribution is 2.31. The molecule has 4 nitrogen and oxygen atoms in total. The van der Waals surface area contributed by atoms with Gasteiger partial charge in [0, 0.05) is 0 Å². The summed E-state index contributed by atoms with van der Waals surface area (Å²) in [6.07, 6.45) is 0. The molecule has 1 atom stereocenters. The molecule has 0 fully saturated rings. The van der Waals surface area contributed by atoms with Crippen LogP contribution in [0.4, 0.5) is 0 Å². The van der Waals surface area contributed by atoms with Crippen molar-refractivity contribution in [2.24, 2.45) is 0 Å². The van der Waals surface area contributed by atoms with Gasteiger partial charge in [0.1, 0.15) is 0 Å². The minimum Gasteiger partial charge on any atom is -0.273 e. The summed E-state index contributed by atoms with van der Waals surface area (Å²) in [6, 6.07) is 9.59. The van der Waals surface area contributed by atoms with Crippen LogP contribution < -0.4 is 0 Å². The van der Waals surface area contributed by atoms with Crippen LogP contribution in [0, 0.1) is 4.77 Å². The fraction of sp³-hybridized carbons (Fsp3) is 0.182. The normalized spacial score (nSPS) is 18.4. The lowest BCUT2D eigenvalue weighted by atomic mass is 10.3. The topological polar surface area (TPSA) is 39.8 Å². The van der Waals surface area contributed by atoms with Crippen LogP contribution in [0.3, 0.4) is 0 Å². The van der Waals surface area contributed by atoms with Crippen LogP contribution in [0.5, 0.6) is 0 Å². The number of carbonyl (C=O) groups excluding carboxylic acids is 1. The minimum atomic E-state index is -0.0929. The Labute approximate surface area is 107 Å². The second-order valence-electron chi connectivity index (χ2n) is 3.75. The SMILES string of the molecule is CC1Sc2nn(-c3ccccc3)c(=S)n2C1=O. The zero-order valence-corrected chi connectivity index (χ0v) is 10.7. The molecule has 2 heterocycles. The van der Waals surface area contributed by atoms with E-state index in [0.717, 1.165) is 5.69 Å². The molecule has 1 aliphatic rings. The van der Waals surface area contributed by atoms with Crippen molar-refractivity contribution in [1.29, 1.82) is 0 Å². The number of para-hydroxylation sites is 1. The van der Waals surface area contributed by atoms with E-state index in [9.17, 15) is 4.79 Å². The van der Waals surface area contributed by atoms with E-state index in [2.05, 4.69) is 5.10 Å². The standard InChI is InChI=1S/C11H9N3OS2/c1-7-9(15)13-10(17-7)12-14(11(13)16)8-5-3-2-4-6-8/h2-7H,1H3. The molecular weight excluding hydrogens is 254 g/mol. The highest BCUT2D eigenvalue weighted by molar-refractivity contribution is 8.00. The molecule has 2 aromatic rings. The largest absolute Gasteiger partial charge is 0.273 e. The summed E-state index contributed by atoms with van der Waals surface area (Å²) in [5.74, 6) is 0.0113. The van der Waals surface area contributed by atoms with Crippen LogP contribution >= 0.6 is 24.0 Å². The maximum absolute atomic E-state index is 11.9. The Morgan fingerprint density at radius 3 is 2.71 bits per heavy atom. The molecule has 17 heavy (non-hydrogen) atoms. The van der Waals surface area contributed by atoms with Gasteiger partial charge in [-0.3, -0.25) is 4.79 Å². The zero-order chi connectivity index (χ0) is 12.0. The number of aromatic nitrogens is 3. The van der Waals surface area contributed by atoms with Gasteiger partial charge in [-0.05, 0) is 31.3 Å². The van der Waals surface area contributed by atoms with Gasteiger partial charge >= 0.3 is 0 Å². The van der Waals surface area contributed by atoms with Gasteiger partial charge in [0.25, 0.3) is 0 Å². The average Bonchev–Trinajstić information content (AvgIpc) is 2.80. The van der Waals surface area contributed by atoms with Gasteiger partial charge in [-0.15, -0.1) is 5.10 Å². The Morgan fingerprint density at radius 2 is 2.06 bits per heavy atom. The molecule has 0 bridgehead atoms. The lowest BCUT2D eigenvalue weighted by Crippen LogP contribution is -2.15. The van der Waals surface area contributed by atoms with Crippen LogP contribution in [-0.2, 0) is 0 Å². The van der Waals surface area contributed by atoms with Crippen molar-refractivity contribution in [2.75, 3.05) is 0 Å². The number of nitrogens with zero attached hydrogens (tertiary/aromatic N) is 3. The van der Waals surface area contributed by atoms with Gasteiger partial charge in [0.05, 0.1) is 10.9 Å². The fourth-order valence-corrected chi connectivity index (χ4v) is 3.06. The van der Waals surface area contributed by atoms with Crippen LogP contribution in [0.25, 0.3) is 5.69 Å². The lowest BCUT2D eigenvalue weighted by molar-refractivity contribution is 0.0912. The Kier molecular flexibility index (Phi) is 2.41. The number of hydrogen-bond acceptors (Lipinski definition) is 4. The maximum Gasteiger partial charge on any atom is 0.248 e. The number of carbonyl (C=O) groups is 1. The molecule has 0 spiro atoms. The molecule has 3 rings (SSSR count). The monoisotopic (exact) mass is 263 g/mol. The second-order valence-corrected chi connectivity index (χ2v) is 5.42. The molecule has 1 unspecified atom stereocenters. The summed E-state index contributed by atoms with van der Waals surface area (Å²) >= 11 is 6.74. The van der Waals surface area contributed by atoms with Crippen LogP contribution in [0.1, 0.15) is 11.7 Å². The number of hydrogen-bond donors (Lipinski definition) is 0. The van der Waals surface area contributed by atoms with E-state index in [4.69, 9.17) is 12.2 Å². The van der Waals surface area contributed by atoms with Crippen molar-refractivity contribution in [1.82, 2.24) is 14.3 Å². The molecule has 1 aromatic heterocycles. The van der Waals surface area contributed by atoms with Crippen molar-refractivity contribution in [3.8, 4) is 5.69 Å². The summed E-state index contributed by atoms with van der Waals surface area (Å²) in [7, 11) is 0. The molecule has 6 heteroatoms. The summed E-state index contributed by atoms with van der Waals surface area (Å²) in [5, 5.41) is 4.96. The minimum absolute atomic E-state index is 0.0113. The molecule has 0 radical (unpaired) electrons. The number of fused-ring (bicyclic) bond motifs is 1. The first-order chi connectivity index (χ1) is 8.18. The van der Waals surface area contributed by atoms with Gasteiger partial charge in [-0.1, -0.05) is 30.0 Å². The Balaban J connectivity index is 2.19. The van der Waals surface area contributed by atoms with E-state index in [0.29, 0.717) is 9.93 Å². The zero-order valence-electron chi connectivity index (χ0n) is 9.03. The summed E-state index contributed by atoms with van der Waals surface area (Å²) < 4.78 is 3.58. The Morgan fingerprint density at radius 1 is 1.35 bits per heavy atom. The van der Waals surface area contributed by atoms with Crippen molar-refractivity contribution >= 4 is 29.9 Å². The van der Waals surface area contributed by atoms with Crippen molar-refractivity contribution < 1.29 is 4.79 Å². The van der Waals surface area contributed by atoms with Crippen molar-refractivity contribution in [3.05, 3.63) is 35.1 Å². The van der Waals surface area contributed by atoms with E-state index in [1.807, 2.05) is 37.3 Å². The Hall–Kier alpha value is -1.40. The first-order valence-corrected chi connectivity index (χ1v) is 6.45. The number of rotatable bonds is 1. The van der Waals surface area contributed by atoms with E-state index in [-0.39, 0.29) is 11.2 Å². The van der Waals surface area contributed by atoms with Crippen LogP contribution in [-0.4, -0.2) is 25.5 Å². The number of benzene rings is 1. The van der Waals surface area contributed by atoms with Crippen molar-refractivity contribution in [2.45, 2.75) is 17.3 Å². The van der Waals surface area contributed by atoms with E-state index in [1.165, 1.54) is 16.3 Å². The number of thioether (sulfide) groups is 1. The van der Waals surface area contributed by atoms with Gasteiger partial charge in [-0.2, -0.15) is 0 Å². The molecule has 0 saturated heterocycles. The smallest absolute Gasteiger partial charge is 0.248 e. The predicted molar refractivity (Wildman–Crippen MR) is 68.3 cm³/mol. The molecule has 0 N–H and O–H groups in total. The third-order valence-electron chi connectivity index (χ3n) is 2.60. The molecule has 0 aliphatic carbocycles. The third-order valence-corrected chi connectivity index (χ3v) is 3.99. The average molecular weight is 263 g/mol. The van der Waals surface area contributed by atoms with Crippen LogP contribution in [0.15, 0.2) is 35.5 Å². The predicted octanol–water partition coefficient (Wildman–Crippen LogP) is 2.54. The van der Waals surface area contributed by atoms with E-state index in [1.54, 1.807) is 4.68 Å². The maximum atomic E-state index is 11.9. The fourth-order valence-electron chi connectivity index (χ4n) is 1.74. The quantitative estimate of drug-likeness (QED) is 0.741. The molecule has 86 valence electrons. The molecule has 0 saturated carbocycles. The Bertz CT molecular complexity index is 644. The highest BCUT2D eigenvalue weighted by Gasteiger charge is 2.31. The van der Waals surface area contributed by atoms with Gasteiger partial charge in [0.2, 0.25) is 10.7 Å². The van der Waals surface area contributed by atoms with E-state index >= 15 is 0 Å². The van der Waals surface area contributed by atoms with Gasteiger partial charge in [-0.25, -0.2) is 9.25 Å². The van der Waals surface area contributed by atoms with E-state index < -0.39 is 0 Å². The highest BCUT2D eigenvalue weighted by atomic mass is 32.2. The molecule has 1 aromatic carbocycles. The van der Waals surface area contributed by atoms with Crippen LogP contribution in [0.2, 0.25) is 0 Å². The summed E-state index contributed by atoms with van der Waals surface area (Å²) in [6.45, 7) is 1.86. The molecular formula is C11H9N3OS2.